The molecule has 0 saturated heterocycles. The van der Waals surface area contributed by atoms with Crippen molar-refractivity contribution >= 4 is 5.78 Å². The predicted molar refractivity (Wildman–Crippen MR) is 126 cm³/mol. The lowest BCUT2D eigenvalue weighted by Gasteiger charge is -2.36. The number of ether oxygens (including phenoxy) is 2. The summed E-state index contributed by atoms with van der Waals surface area (Å²) < 4.78 is 11.1. The first-order valence-corrected chi connectivity index (χ1v) is 11.2. The van der Waals surface area contributed by atoms with Crippen molar-refractivity contribution in [2.45, 2.75) is 18.0 Å². The lowest BCUT2D eigenvalue weighted by molar-refractivity contribution is 0.0946. The predicted octanol–water partition coefficient (Wildman–Crippen LogP) is 5.08. The molecule has 4 nitrogen and oxygen atoms in total. The highest BCUT2D eigenvalue weighted by atomic mass is 16.7. The van der Waals surface area contributed by atoms with Crippen LogP contribution in [0.1, 0.15) is 32.6 Å². The summed E-state index contributed by atoms with van der Waals surface area (Å²) in [5.41, 5.74) is 6.99. The largest absolute Gasteiger partial charge is 0.454 e. The zero-order valence-electron chi connectivity index (χ0n) is 17.9. The van der Waals surface area contributed by atoms with Crippen LogP contribution in [0.2, 0.25) is 0 Å². The Morgan fingerprint density at radius 2 is 1.33 bits per heavy atom. The zero-order valence-corrected chi connectivity index (χ0v) is 17.9. The molecule has 7 rings (SSSR count). The molecule has 3 aliphatic rings. The van der Waals surface area contributed by atoms with Crippen LogP contribution in [0.5, 0.6) is 11.5 Å². The normalized spacial score (nSPS) is 18.7. The summed E-state index contributed by atoms with van der Waals surface area (Å²) in [6, 6.07) is 30.9. The van der Waals surface area contributed by atoms with Crippen molar-refractivity contribution in [3.05, 3.63) is 119 Å². The molecule has 2 aliphatic carbocycles. The number of carbonyl (C=O) groups excluding carboxylic acids is 1. The number of benzene rings is 4. The van der Waals surface area contributed by atoms with Gasteiger partial charge in [0.15, 0.2) is 17.3 Å². The molecule has 0 radical (unpaired) electrons. The fourth-order valence-corrected chi connectivity index (χ4v) is 5.73. The van der Waals surface area contributed by atoms with E-state index < -0.39 is 5.54 Å². The molecule has 4 aromatic rings. The van der Waals surface area contributed by atoms with E-state index in [2.05, 4.69) is 78.1 Å². The van der Waals surface area contributed by atoms with E-state index in [4.69, 9.17) is 9.47 Å². The van der Waals surface area contributed by atoms with E-state index in [1.165, 1.54) is 22.3 Å². The maximum Gasteiger partial charge on any atom is 0.231 e. The molecule has 0 amide bonds. The molecule has 0 saturated carbocycles. The lowest BCUT2D eigenvalue weighted by Crippen LogP contribution is -2.50. The topological polar surface area (TPSA) is 47.6 Å². The Kier molecular flexibility index (Phi) is 3.85. The highest BCUT2D eigenvalue weighted by molar-refractivity contribution is 6.05. The highest BCUT2D eigenvalue weighted by Gasteiger charge is 2.48. The third kappa shape index (κ3) is 2.53. The molecule has 0 unspecified atom stereocenters. The van der Waals surface area contributed by atoms with Crippen LogP contribution in [0.4, 0.5) is 0 Å². The Balaban J connectivity index is 1.40. The number of ketones is 1. The Hall–Kier alpha value is -3.89. The maximum absolute atomic E-state index is 13.6. The van der Waals surface area contributed by atoms with E-state index >= 15 is 0 Å². The molecule has 0 fully saturated rings. The van der Waals surface area contributed by atoms with Crippen LogP contribution < -0.4 is 14.8 Å². The van der Waals surface area contributed by atoms with Crippen molar-refractivity contribution in [2.75, 3.05) is 6.79 Å². The summed E-state index contributed by atoms with van der Waals surface area (Å²) in [7, 11) is 0. The number of nitrogens with one attached hydrogen (secondary N) is 1. The van der Waals surface area contributed by atoms with Crippen LogP contribution in [-0.4, -0.2) is 18.6 Å². The summed E-state index contributed by atoms with van der Waals surface area (Å²) in [6.07, 6.45) is 0.615. The number of hydrogen-bond acceptors (Lipinski definition) is 4. The molecular weight excluding hydrogens is 410 g/mol. The van der Waals surface area contributed by atoms with Gasteiger partial charge in [-0.05, 0) is 51.9 Å². The van der Waals surface area contributed by atoms with Gasteiger partial charge < -0.3 is 9.47 Å². The van der Waals surface area contributed by atoms with Crippen molar-refractivity contribution in [3.63, 3.8) is 0 Å². The Morgan fingerprint density at radius 3 is 2.03 bits per heavy atom. The molecule has 0 bridgehead atoms. The van der Waals surface area contributed by atoms with Crippen LogP contribution in [-0.2, 0) is 12.0 Å². The zero-order chi connectivity index (χ0) is 22.0. The van der Waals surface area contributed by atoms with Crippen LogP contribution in [0.25, 0.3) is 11.1 Å². The average Bonchev–Trinajstić information content (AvgIpc) is 3.53. The molecule has 160 valence electrons. The van der Waals surface area contributed by atoms with Gasteiger partial charge in [-0.1, -0.05) is 78.9 Å². The molecule has 1 aliphatic heterocycles. The molecular formula is C29H21NO3. The lowest BCUT2D eigenvalue weighted by atomic mass is 9.79. The van der Waals surface area contributed by atoms with Gasteiger partial charge in [0, 0.05) is 5.56 Å². The van der Waals surface area contributed by atoms with E-state index in [9.17, 15) is 4.79 Å². The standard InChI is InChI=1S/C29H21NO3/c31-28-22-16-27-26(32-17-33-27)15-18(22)14-25(28)30-29(19-8-2-1-3-9-19)23-12-6-4-10-20(23)21-11-5-7-13-24(21)29/h1-13,15-16,25,30H,14,17H2/t25-/m1/s1. The van der Waals surface area contributed by atoms with Crippen molar-refractivity contribution in [1.29, 1.82) is 0 Å². The monoisotopic (exact) mass is 431 g/mol. The third-order valence-electron chi connectivity index (χ3n) is 7.15. The minimum atomic E-state index is -0.619. The fourth-order valence-electron chi connectivity index (χ4n) is 5.73. The SMILES string of the molecule is O=C1c2cc3c(cc2C[C@H]1NC1(c2ccccc2)c2ccccc2-c2ccccc21)OCO3. The van der Waals surface area contributed by atoms with E-state index in [0.717, 1.165) is 22.4 Å². The molecule has 0 spiro atoms. The van der Waals surface area contributed by atoms with Crippen molar-refractivity contribution in [3.8, 4) is 22.6 Å². The van der Waals surface area contributed by atoms with Gasteiger partial charge in [0.25, 0.3) is 0 Å². The van der Waals surface area contributed by atoms with Crippen molar-refractivity contribution in [1.82, 2.24) is 5.32 Å². The Bertz CT molecular complexity index is 1380. The number of hydrogen-bond donors (Lipinski definition) is 1. The van der Waals surface area contributed by atoms with Gasteiger partial charge in [-0.2, -0.15) is 0 Å². The van der Waals surface area contributed by atoms with E-state index in [1.54, 1.807) is 0 Å². The van der Waals surface area contributed by atoms with Crippen LogP contribution in [0.15, 0.2) is 91.0 Å². The molecule has 1 atom stereocenters. The van der Waals surface area contributed by atoms with Gasteiger partial charge in [0.2, 0.25) is 6.79 Å². The van der Waals surface area contributed by atoms with Crippen molar-refractivity contribution < 1.29 is 14.3 Å². The molecule has 1 N–H and O–H groups in total. The van der Waals surface area contributed by atoms with Gasteiger partial charge in [0.05, 0.1) is 11.6 Å². The first-order chi connectivity index (χ1) is 16.3. The molecule has 1 heterocycles. The maximum atomic E-state index is 13.6. The second-order valence-corrected chi connectivity index (χ2v) is 8.84. The minimum absolute atomic E-state index is 0.0977. The molecule has 33 heavy (non-hydrogen) atoms. The fraction of sp³-hybridized carbons (Fsp3) is 0.138. The number of carbonyl (C=O) groups is 1. The van der Waals surface area contributed by atoms with Gasteiger partial charge >= 0.3 is 0 Å². The number of Topliss-reactive ketones (excluding diaryl/α,β-unsaturated/α-hetero) is 1. The Labute approximate surface area is 191 Å². The molecule has 0 aromatic heterocycles. The van der Waals surface area contributed by atoms with Gasteiger partial charge in [-0.3, -0.25) is 10.1 Å². The summed E-state index contributed by atoms with van der Waals surface area (Å²) in [6.45, 7) is 0.207. The van der Waals surface area contributed by atoms with Gasteiger partial charge in [0.1, 0.15) is 0 Å². The van der Waals surface area contributed by atoms with Crippen LogP contribution in [0.3, 0.4) is 0 Å². The summed E-state index contributed by atoms with van der Waals surface area (Å²) in [4.78, 5) is 13.6. The average molecular weight is 431 g/mol. The smallest absolute Gasteiger partial charge is 0.231 e. The summed E-state index contributed by atoms with van der Waals surface area (Å²) >= 11 is 0. The number of fused-ring (bicyclic) bond motifs is 5. The van der Waals surface area contributed by atoms with E-state index in [-0.39, 0.29) is 18.6 Å². The van der Waals surface area contributed by atoms with Crippen LogP contribution in [0, 0.1) is 0 Å². The van der Waals surface area contributed by atoms with E-state index in [0.29, 0.717) is 12.2 Å². The highest BCUT2D eigenvalue weighted by Crippen LogP contribution is 2.51. The summed E-state index contributed by atoms with van der Waals surface area (Å²) in [5.74, 6) is 1.47. The quantitative estimate of drug-likeness (QED) is 0.491. The third-order valence-corrected chi connectivity index (χ3v) is 7.15. The first-order valence-electron chi connectivity index (χ1n) is 11.2. The minimum Gasteiger partial charge on any atom is -0.454 e. The van der Waals surface area contributed by atoms with Crippen LogP contribution >= 0.6 is 0 Å². The second-order valence-electron chi connectivity index (χ2n) is 8.84. The molecule has 4 aromatic carbocycles. The number of rotatable bonds is 3. The van der Waals surface area contributed by atoms with Crippen molar-refractivity contribution in [2.24, 2.45) is 0 Å². The Morgan fingerprint density at radius 1 is 0.727 bits per heavy atom. The second kappa shape index (κ2) is 6.80. The molecule has 4 heteroatoms. The van der Waals surface area contributed by atoms with Gasteiger partial charge in [-0.25, -0.2) is 0 Å². The van der Waals surface area contributed by atoms with E-state index in [1.807, 2.05) is 18.2 Å². The first kappa shape index (κ1) is 18.7. The summed E-state index contributed by atoms with van der Waals surface area (Å²) in [5, 5.41) is 3.86. The van der Waals surface area contributed by atoms with Gasteiger partial charge in [-0.15, -0.1) is 0 Å².